The fraction of sp³-hybridized carbons (Fsp3) is 0.273. The molecule has 0 aliphatic rings. The number of carbonyl (C=O) groups is 1. The predicted octanol–water partition coefficient (Wildman–Crippen LogP) is 2.48. The van der Waals surface area contributed by atoms with Gasteiger partial charge in [0.25, 0.3) is 0 Å². The molecule has 1 atom stereocenters. The maximum absolute atomic E-state index is 11.8. The number of Topliss-reactive ketones (excluding diaryl/α,β-unsaturated/α-hetero) is 1. The van der Waals surface area contributed by atoms with E-state index in [1.54, 1.807) is 0 Å². The highest BCUT2D eigenvalue weighted by molar-refractivity contribution is 5.86. The Morgan fingerprint density at radius 1 is 1.38 bits per heavy atom. The summed E-state index contributed by atoms with van der Waals surface area (Å²) in [7, 11) is 0. The van der Waals surface area contributed by atoms with E-state index < -0.39 is 12.5 Å². The Morgan fingerprint density at radius 2 is 1.94 bits per heavy atom. The van der Waals surface area contributed by atoms with Crippen molar-refractivity contribution in [3.63, 3.8) is 0 Å². The molecule has 0 heterocycles. The molecular formula is C11H9F2NO2. The minimum Gasteiger partial charge on any atom is -0.435 e. The van der Waals surface area contributed by atoms with Gasteiger partial charge in [0.05, 0.1) is 6.07 Å². The Morgan fingerprint density at radius 3 is 2.31 bits per heavy atom. The molecule has 0 N–H and O–H groups in total. The van der Waals surface area contributed by atoms with E-state index in [1.165, 1.54) is 31.2 Å². The SMILES string of the molecule is CC(=O)C(C#N)c1ccc(OC(F)F)cc1. The molecule has 1 aromatic carbocycles. The number of nitriles is 1. The molecule has 0 bridgehead atoms. The van der Waals surface area contributed by atoms with Crippen molar-refractivity contribution in [2.45, 2.75) is 19.5 Å². The average Bonchev–Trinajstić information content (AvgIpc) is 2.20. The summed E-state index contributed by atoms with van der Waals surface area (Å²) >= 11 is 0. The minimum atomic E-state index is -2.88. The van der Waals surface area contributed by atoms with Crippen LogP contribution in [-0.4, -0.2) is 12.4 Å². The molecule has 0 radical (unpaired) electrons. The van der Waals surface area contributed by atoms with Crippen molar-refractivity contribution in [3.05, 3.63) is 29.8 Å². The van der Waals surface area contributed by atoms with E-state index in [4.69, 9.17) is 5.26 Å². The van der Waals surface area contributed by atoms with E-state index in [2.05, 4.69) is 4.74 Å². The number of rotatable bonds is 4. The molecule has 16 heavy (non-hydrogen) atoms. The molecule has 0 aliphatic heterocycles. The molecule has 0 amide bonds. The van der Waals surface area contributed by atoms with Crippen molar-refractivity contribution >= 4 is 5.78 Å². The zero-order valence-electron chi connectivity index (χ0n) is 8.48. The van der Waals surface area contributed by atoms with E-state index in [1.807, 2.05) is 6.07 Å². The van der Waals surface area contributed by atoms with Gasteiger partial charge in [-0.15, -0.1) is 0 Å². The van der Waals surface area contributed by atoms with Crippen LogP contribution in [0.1, 0.15) is 18.4 Å². The van der Waals surface area contributed by atoms with Gasteiger partial charge in [0.1, 0.15) is 11.7 Å². The summed E-state index contributed by atoms with van der Waals surface area (Å²) in [5.41, 5.74) is 0.469. The zero-order valence-corrected chi connectivity index (χ0v) is 8.48. The number of ether oxygens (including phenoxy) is 1. The number of halogens is 2. The first kappa shape index (κ1) is 12.1. The summed E-state index contributed by atoms with van der Waals surface area (Å²) in [5, 5.41) is 8.74. The van der Waals surface area contributed by atoms with Crippen molar-refractivity contribution in [1.29, 1.82) is 5.26 Å². The van der Waals surface area contributed by atoms with Crippen molar-refractivity contribution in [3.8, 4) is 11.8 Å². The third kappa shape index (κ3) is 3.02. The highest BCUT2D eigenvalue weighted by Crippen LogP contribution is 2.20. The number of nitrogens with zero attached hydrogens (tertiary/aromatic N) is 1. The maximum atomic E-state index is 11.8. The second kappa shape index (κ2) is 5.21. The van der Waals surface area contributed by atoms with Gasteiger partial charge < -0.3 is 4.74 Å². The molecule has 84 valence electrons. The van der Waals surface area contributed by atoms with E-state index >= 15 is 0 Å². The number of hydrogen-bond acceptors (Lipinski definition) is 3. The largest absolute Gasteiger partial charge is 0.435 e. The van der Waals surface area contributed by atoms with Crippen LogP contribution in [0.25, 0.3) is 0 Å². The second-order valence-electron chi connectivity index (χ2n) is 3.12. The first-order valence-electron chi connectivity index (χ1n) is 4.49. The fourth-order valence-electron chi connectivity index (χ4n) is 1.24. The first-order valence-corrected chi connectivity index (χ1v) is 4.49. The summed E-state index contributed by atoms with van der Waals surface area (Å²) in [5.74, 6) is -1.15. The van der Waals surface area contributed by atoms with E-state index in [9.17, 15) is 13.6 Å². The molecule has 1 unspecified atom stereocenters. The minimum absolute atomic E-state index is 0.000933. The molecule has 0 aromatic heterocycles. The van der Waals surface area contributed by atoms with Crippen molar-refractivity contribution < 1.29 is 18.3 Å². The topological polar surface area (TPSA) is 50.1 Å². The number of hydrogen-bond donors (Lipinski definition) is 0. The molecule has 0 aliphatic carbocycles. The van der Waals surface area contributed by atoms with Crippen LogP contribution in [-0.2, 0) is 4.79 Å². The van der Waals surface area contributed by atoms with Crippen LogP contribution in [0, 0.1) is 11.3 Å². The van der Waals surface area contributed by atoms with E-state index in [0.29, 0.717) is 5.56 Å². The molecule has 0 saturated carbocycles. The molecule has 3 nitrogen and oxygen atoms in total. The van der Waals surface area contributed by atoms with Gasteiger partial charge in [-0.3, -0.25) is 4.79 Å². The molecular weight excluding hydrogens is 216 g/mol. The van der Waals surface area contributed by atoms with Crippen LogP contribution >= 0.6 is 0 Å². The lowest BCUT2D eigenvalue weighted by atomic mass is 9.97. The summed E-state index contributed by atoms with van der Waals surface area (Å²) < 4.78 is 27.8. The van der Waals surface area contributed by atoms with Crippen molar-refractivity contribution in [1.82, 2.24) is 0 Å². The first-order chi connectivity index (χ1) is 7.54. The molecule has 0 fully saturated rings. The molecule has 0 spiro atoms. The third-order valence-corrected chi connectivity index (χ3v) is 1.97. The summed E-state index contributed by atoms with van der Waals surface area (Å²) in [6, 6.07) is 7.29. The van der Waals surface area contributed by atoms with Gasteiger partial charge in [-0.1, -0.05) is 12.1 Å². The van der Waals surface area contributed by atoms with Gasteiger partial charge >= 0.3 is 6.61 Å². The zero-order chi connectivity index (χ0) is 12.1. The summed E-state index contributed by atoms with van der Waals surface area (Å²) in [6.45, 7) is -1.58. The Hall–Kier alpha value is -1.96. The van der Waals surface area contributed by atoms with Gasteiger partial charge in [0, 0.05) is 0 Å². The molecule has 0 saturated heterocycles. The number of carbonyl (C=O) groups excluding carboxylic acids is 1. The quantitative estimate of drug-likeness (QED) is 0.790. The Kier molecular flexibility index (Phi) is 3.95. The molecule has 1 rings (SSSR count). The van der Waals surface area contributed by atoms with Gasteiger partial charge in [0.15, 0.2) is 5.78 Å². The average molecular weight is 225 g/mol. The summed E-state index contributed by atoms with van der Waals surface area (Å²) in [6.07, 6.45) is 0. The Bertz CT molecular complexity index is 409. The van der Waals surface area contributed by atoms with Crippen LogP contribution in [0.3, 0.4) is 0 Å². The highest BCUT2D eigenvalue weighted by atomic mass is 19.3. The van der Waals surface area contributed by atoms with Crippen LogP contribution in [0.4, 0.5) is 8.78 Å². The van der Waals surface area contributed by atoms with Gasteiger partial charge in [-0.2, -0.15) is 14.0 Å². The van der Waals surface area contributed by atoms with Crippen molar-refractivity contribution in [2.75, 3.05) is 0 Å². The standard InChI is InChI=1S/C11H9F2NO2/c1-7(15)10(6-14)8-2-4-9(5-3-8)16-11(12)13/h2-5,10-11H,1H3. The second-order valence-corrected chi connectivity index (χ2v) is 3.12. The molecule has 5 heteroatoms. The Labute approximate surface area is 91.3 Å². The molecule has 1 aromatic rings. The normalized spacial score (nSPS) is 11.9. The van der Waals surface area contributed by atoms with Crippen LogP contribution < -0.4 is 4.74 Å². The van der Waals surface area contributed by atoms with Gasteiger partial charge in [-0.25, -0.2) is 0 Å². The predicted molar refractivity (Wildman–Crippen MR) is 52.1 cm³/mol. The number of ketones is 1. The third-order valence-electron chi connectivity index (χ3n) is 1.97. The lowest BCUT2D eigenvalue weighted by Crippen LogP contribution is -2.06. The van der Waals surface area contributed by atoms with Crippen LogP contribution in [0.2, 0.25) is 0 Å². The smallest absolute Gasteiger partial charge is 0.387 e. The van der Waals surface area contributed by atoms with Gasteiger partial charge in [-0.05, 0) is 24.6 Å². The lowest BCUT2D eigenvalue weighted by Gasteiger charge is -2.07. The highest BCUT2D eigenvalue weighted by Gasteiger charge is 2.15. The van der Waals surface area contributed by atoms with E-state index in [0.717, 1.165) is 0 Å². The Balaban J connectivity index is 2.86. The van der Waals surface area contributed by atoms with Crippen molar-refractivity contribution in [2.24, 2.45) is 0 Å². The van der Waals surface area contributed by atoms with Crippen LogP contribution in [0.15, 0.2) is 24.3 Å². The maximum Gasteiger partial charge on any atom is 0.387 e. The van der Waals surface area contributed by atoms with Crippen LogP contribution in [0.5, 0.6) is 5.75 Å². The summed E-state index contributed by atoms with van der Waals surface area (Å²) in [4.78, 5) is 11.1. The number of alkyl halides is 2. The lowest BCUT2D eigenvalue weighted by molar-refractivity contribution is -0.117. The van der Waals surface area contributed by atoms with E-state index in [-0.39, 0.29) is 11.5 Å². The monoisotopic (exact) mass is 225 g/mol. The number of benzene rings is 1. The van der Waals surface area contributed by atoms with Gasteiger partial charge in [0.2, 0.25) is 0 Å². The fourth-order valence-corrected chi connectivity index (χ4v) is 1.24.